The predicted molar refractivity (Wildman–Crippen MR) is 67.3 cm³/mol. The van der Waals surface area contributed by atoms with Crippen LogP contribution in [0.3, 0.4) is 0 Å². The second kappa shape index (κ2) is 5.22. The van der Waals surface area contributed by atoms with Crippen LogP contribution in [0.4, 0.5) is 13.2 Å². The fraction of sp³-hybridized carbons (Fsp3) is 0.222. The molecule has 0 spiro atoms. The summed E-state index contributed by atoms with van der Waals surface area (Å²) in [6.07, 6.45) is -4.46. The molecule has 0 aliphatic rings. The third-order valence-electron chi connectivity index (χ3n) is 1.77. The molecule has 0 amide bonds. The number of hydrogen-bond donors (Lipinski definition) is 0. The predicted octanol–water partition coefficient (Wildman–Crippen LogP) is 4.54. The smallest absolute Gasteiger partial charge is 0.293 e. The van der Waals surface area contributed by atoms with Gasteiger partial charge in [-0.3, -0.25) is 4.79 Å². The van der Waals surface area contributed by atoms with Gasteiger partial charge in [-0.25, -0.2) is 0 Å². The summed E-state index contributed by atoms with van der Waals surface area (Å²) >= 11 is 10.3. The Kier molecular flexibility index (Phi) is 4.65. The molecule has 0 aliphatic carbocycles. The van der Waals surface area contributed by atoms with Gasteiger partial charge in [-0.05, 0) is 34.7 Å². The first-order valence-corrected chi connectivity index (χ1v) is 6.50. The maximum absolute atomic E-state index is 12.4. The summed E-state index contributed by atoms with van der Waals surface area (Å²) in [5.41, 5.74) is -0.736. The molecule has 0 aromatic heterocycles. The molecule has 1 rings (SSSR count). The van der Waals surface area contributed by atoms with E-state index in [0.29, 0.717) is 0 Å². The van der Waals surface area contributed by atoms with Gasteiger partial charge in [0.25, 0.3) is 0 Å². The SMILES string of the molecule is O=C(CBr)c1c(Cl)cc(C(F)(F)F)cc1I. The Labute approximate surface area is 117 Å². The van der Waals surface area contributed by atoms with Crippen molar-refractivity contribution < 1.29 is 18.0 Å². The van der Waals surface area contributed by atoms with Crippen LogP contribution in [-0.4, -0.2) is 11.1 Å². The molecule has 0 N–H and O–H groups in total. The van der Waals surface area contributed by atoms with E-state index in [4.69, 9.17) is 11.6 Å². The highest BCUT2D eigenvalue weighted by Gasteiger charge is 2.32. The van der Waals surface area contributed by atoms with E-state index in [0.717, 1.165) is 12.1 Å². The van der Waals surface area contributed by atoms with E-state index in [-0.39, 0.29) is 25.3 Å². The average Bonchev–Trinajstić information content (AvgIpc) is 2.14. The van der Waals surface area contributed by atoms with E-state index in [2.05, 4.69) is 15.9 Å². The molecule has 0 atom stereocenters. The number of Topliss-reactive ketones (excluding diaryl/α,β-unsaturated/α-hetero) is 1. The summed E-state index contributed by atoms with van der Waals surface area (Å²) in [5, 5.41) is -0.155. The van der Waals surface area contributed by atoms with Gasteiger partial charge < -0.3 is 0 Å². The second-order valence-electron chi connectivity index (χ2n) is 2.87. The van der Waals surface area contributed by atoms with Crippen LogP contribution in [0, 0.1) is 3.57 Å². The molecular weight excluding hydrogens is 423 g/mol. The summed E-state index contributed by atoms with van der Waals surface area (Å²) in [4.78, 5) is 11.4. The van der Waals surface area contributed by atoms with Crippen LogP contribution in [0.5, 0.6) is 0 Å². The van der Waals surface area contributed by atoms with Crippen molar-refractivity contribution in [3.05, 3.63) is 31.9 Å². The molecule has 0 saturated heterocycles. The van der Waals surface area contributed by atoms with Gasteiger partial charge in [0.15, 0.2) is 5.78 Å². The number of ketones is 1. The summed E-state index contributed by atoms with van der Waals surface area (Å²) in [5.74, 6) is -0.344. The van der Waals surface area contributed by atoms with E-state index >= 15 is 0 Å². The maximum Gasteiger partial charge on any atom is 0.416 e. The van der Waals surface area contributed by atoms with Crippen LogP contribution in [-0.2, 0) is 6.18 Å². The Morgan fingerprint density at radius 1 is 1.44 bits per heavy atom. The molecule has 0 heterocycles. The zero-order valence-electron chi connectivity index (χ0n) is 7.54. The number of carbonyl (C=O) groups excluding carboxylic acids is 1. The molecule has 0 unspecified atom stereocenters. The van der Waals surface area contributed by atoms with Gasteiger partial charge in [-0.2, -0.15) is 13.2 Å². The lowest BCUT2D eigenvalue weighted by molar-refractivity contribution is -0.137. The number of hydrogen-bond acceptors (Lipinski definition) is 1. The Morgan fingerprint density at radius 3 is 2.38 bits per heavy atom. The zero-order valence-corrected chi connectivity index (χ0v) is 12.0. The van der Waals surface area contributed by atoms with Crippen molar-refractivity contribution in [2.75, 3.05) is 5.33 Å². The lowest BCUT2D eigenvalue weighted by Gasteiger charge is -2.11. The normalized spacial score (nSPS) is 11.6. The standard InChI is InChI=1S/C9H4BrClF3IO/c10-3-7(16)8-5(11)1-4(2-6(8)15)9(12,13)14/h1-2H,3H2. The average molecular weight is 427 g/mol. The van der Waals surface area contributed by atoms with Crippen LogP contribution in [0.25, 0.3) is 0 Å². The van der Waals surface area contributed by atoms with Gasteiger partial charge in [-0.15, -0.1) is 0 Å². The number of carbonyl (C=O) groups is 1. The Hall–Kier alpha value is 0.180. The summed E-state index contributed by atoms with van der Waals surface area (Å²) in [6, 6.07) is 1.67. The highest BCUT2D eigenvalue weighted by molar-refractivity contribution is 14.1. The number of benzene rings is 1. The Bertz CT molecular complexity index is 410. The number of halogens is 6. The van der Waals surface area contributed by atoms with Crippen LogP contribution >= 0.6 is 50.1 Å². The van der Waals surface area contributed by atoms with Gasteiger partial charge in [0.05, 0.1) is 21.5 Å². The minimum Gasteiger partial charge on any atom is -0.293 e. The summed E-state index contributed by atoms with van der Waals surface area (Å²) in [6.45, 7) is 0. The minimum atomic E-state index is -4.46. The Morgan fingerprint density at radius 2 is 2.00 bits per heavy atom. The quantitative estimate of drug-likeness (QED) is 0.385. The fourth-order valence-electron chi connectivity index (χ4n) is 1.07. The molecule has 7 heteroatoms. The first-order chi connectivity index (χ1) is 7.27. The molecule has 1 aromatic carbocycles. The zero-order chi connectivity index (χ0) is 12.5. The van der Waals surface area contributed by atoms with E-state index in [1.807, 2.05) is 0 Å². The van der Waals surface area contributed by atoms with E-state index in [9.17, 15) is 18.0 Å². The lowest BCUT2D eigenvalue weighted by Crippen LogP contribution is -2.09. The van der Waals surface area contributed by atoms with Gasteiger partial charge in [0.1, 0.15) is 0 Å². The molecule has 88 valence electrons. The third kappa shape index (κ3) is 3.10. The van der Waals surface area contributed by atoms with Crippen molar-refractivity contribution in [3.8, 4) is 0 Å². The lowest BCUT2D eigenvalue weighted by atomic mass is 10.1. The van der Waals surface area contributed by atoms with Crippen molar-refractivity contribution in [1.29, 1.82) is 0 Å². The third-order valence-corrected chi connectivity index (χ3v) is 3.43. The maximum atomic E-state index is 12.4. The highest BCUT2D eigenvalue weighted by atomic mass is 127. The number of rotatable bonds is 2. The first kappa shape index (κ1) is 14.2. The molecular formula is C9H4BrClF3IO. The van der Waals surface area contributed by atoms with Gasteiger partial charge in [0, 0.05) is 3.57 Å². The van der Waals surface area contributed by atoms with Crippen LogP contribution in [0.15, 0.2) is 12.1 Å². The van der Waals surface area contributed by atoms with Gasteiger partial charge >= 0.3 is 6.18 Å². The van der Waals surface area contributed by atoms with Crippen molar-refractivity contribution in [2.24, 2.45) is 0 Å². The molecule has 0 aliphatic heterocycles. The van der Waals surface area contributed by atoms with E-state index in [1.165, 1.54) is 0 Å². The molecule has 0 saturated carbocycles. The monoisotopic (exact) mass is 426 g/mol. The first-order valence-electron chi connectivity index (χ1n) is 3.92. The minimum absolute atomic E-state index is 0.0219. The van der Waals surface area contributed by atoms with Crippen LogP contribution in [0.1, 0.15) is 15.9 Å². The topological polar surface area (TPSA) is 17.1 Å². The van der Waals surface area contributed by atoms with Crippen molar-refractivity contribution in [2.45, 2.75) is 6.18 Å². The highest BCUT2D eigenvalue weighted by Crippen LogP contribution is 2.34. The largest absolute Gasteiger partial charge is 0.416 e. The Balaban J connectivity index is 3.34. The molecule has 0 bridgehead atoms. The van der Waals surface area contributed by atoms with Gasteiger partial charge in [-0.1, -0.05) is 27.5 Å². The molecule has 1 aromatic rings. The van der Waals surface area contributed by atoms with Crippen LogP contribution < -0.4 is 0 Å². The molecule has 16 heavy (non-hydrogen) atoms. The molecule has 0 fully saturated rings. The van der Waals surface area contributed by atoms with Gasteiger partial charge in [0.2, 0.25) is 0 Å². The number of alkyl halides is 4. The van der Waals surface area contributed by atoms with Crippen molar-refractivity contribution in [1.82, 2.24) is 0 Å². The van der Waals surface area contributed by atoms with Crippen molar-refractivity contribution >= 4 is 55.9 Å². The van der Waals surface area contributed by atoms with E-state index in [1.54, 1.807) is 22.6 Å². The summed E-state index contributed by atoms with van der Waals surface area (Å²) < 4.78 is 37.4. The molecule has 0 radical (unpaired) electrons. The fourth-order valence-corrected chi connectivity index (χ4v) is 2.76. The second-order valence-corrected chi connectivity index (χ2v) is 5.00. The van der Waals surface area contributed by atoms with E-state index < -0.39 is 11.7 Å². The van der Waals surface area contributed by atoms with Crippen LogP contribution in [0.2, 0.25) is 5.02 Å². The van der Waals surface area contributed by atoms with Crippen molar-refractivity contribution in [3.63, 3.8) is 0 Å². The molecule has 1 nitrogen and oxygen atoms in total. The summed E-state index contributed by atoms with van der Waals surface area (Å²) in [7, 11) is 0.